The van der Waals surface area contributed by atoms with Gasteiger partial charge >= 0.3 is 0 Å². The van der Waals surface area contributed by atoms with Crippen molar-refractivity contribution in [2.75, 3.05) is 12.8 Å². The van der Waals surface area contributed by atoms with E-state index >= 15 is 0 Å². The van der Waals surface area contributed by atoms with Crippen LogP contribution in [0.15, 0.2) is 35.3 Å². The molecule has 0 aliphatic heterocycles. The van der Waals surface area contributed by atoms with Crippen LogP contribution in [0.3, 0.4) is 0 Å². The average molecular weight is 233 g/mol. The minimum Gasteiger partial charge on any atom is -0.398 e. The summed E-state index contributed by atoms with van der Waals surface area (Å²) >= 11 is 1.71. The average Bonchev–Trinajstić information content (AvgIpc) is 2.81. The van der Waals surface area contributed by atoms with Gasteiger partial charge in [0.2, 0.25) is 0 Å². The predicted molar refractivity (Wildman–Crippen MR) is 68.5 cm³/mol. The van der Waals surface area contributed by atoms with Gasteiger partial charge in [0, 0.05) is 24.1 Å². The monoisotopic (exact) mass is 233 g/mol. The van der Waals surface area contributed by atoms with Crippen molar-refractivity contribution in [2.45, 2.75) is 12.5 Å². The molecule has 4 heteroatoms. The van der Waals surface area contributed by atoms with Crippen LogP contribution in [0.4, 0.5) is 5.69 Å². The molecule has 0 fully saturated rings. The van der Waals surface area contributed by atoms with E-state index in [0.29, 0.717) is 6.04 Å². The fourth-order valence-electron chi connectivity index (χ4n) is 1.69. The Bertz CT molecular complexity index is 439. The minimum atomic E-state index is 0.303. The standard InChI is InChI=1S/C12H15N3S/c1-14-12(9-3-5-16-8-9)6-10-7-15-4-2-11(10)13/h2-5,7-8,12,14H,6H2,1H3,(H2,13,15). The van der Waals surface area contributed by atoms with Crippen LogP contribution in [-0.2, 0) is 6.42 Å². The minimum absolute atomic E-state index is 0.303. The lowest BCUT2D eigenvalue weighted by Crippen LogP contribution is -2.18. The van der Waals surface area contributed by atoms with Crippen LogP contribution >= 0.6 is 11.3 Å². The first-order chi connectivity index (χ1) is 7.81. The number of hydrogen-bond acceptors (Lipinski definition) is 4. The summed E-state index contributed by atoms with van der Waals surface area (Å²) in [5.41, 5.74) is 9.11. The van der Waals surface area contributed by atoms with E-state index in [1.807, 2.05) is 19.3 Å². The molecule has 84 valence electrons. The van der Waals surface area contributed by atoms with Gasteiger partial charge in [-0.05, 0) is 47.5 Å². The fourth-order valence-corrected chi connectivity index (χ4v) is 2.40. The Morgan fingerprint density at radius 2 is 2.38 bits per heavy atom. The number of rotatable bonds is 4. The topological polar surface area (TPSA) is 50.9 Å². The van der Waals surface area contributed by atoms with Crippen molar-refractivity contribution < 1.29 is 0 Å². The van der Waals surface area contributed by atoms with E-state index in [0.717, 1.165) is 17.7 Å². The predicted octanol–water partition coefficient (Wildman–Crippen LogP) is 2.23. The highest BCUT2D eigenvalue weighted by atomic mass is 32.1. The summed E-state index contributed by atoms with van der Waals surface area (Å²) in [6.07, 6.45) is 4.43. The Hall–Kier alpha value is -1.39. The SMILES string of the molecule is CNC(Cc1cnccc1N)c1ccsc1. The third-order valence-electron chi connectivity index (χ3n) is 2.66. The van der Waals surface area contributed by atoms with Gasteiger partial charge in [-0.3, -0.25) is 4.98 Å². The second-order valence-corrected chi connectivity index (χ2v) is 4.46. The first-order valence-electron chi connectivity index (χ1n) is 5.19. The lowest BCUT2D eigenvalue weighted by atomic mass is 10.0. The molecule has 2 rings (SSSR count). The molecule has 16 heavy (non-hydrogen) atoms. The number of anilines is 1. The molecule has 2 heterocycles. The van der Waals surface area contributed by atoms with Gasteiger partial charge in [-0.1, -0.05) is 0 Å². The molecule has 2 aromatic heterocycles. The maximum Gasteiger partial charge on any atom is 0.0378 e. The molecule has 0 aliphatic rings. The van der Waals surface area contributed by atoms with Crippen LogP contribution in [0.1, 0.15) is 17.2 Å². The van der Waals surface area contributed by atoms with E-state index in [-0.39, 0.29) is 0 Å². The molecule has 0 aliphatic carbocycles. The molecule has 0 saturated carbocycles. The smallest absolute Gasteiger partial charge is 0.0378 e. The summed E-state index contributed by atoms with van der Waals surface area (Å²) in [5.74, 6) is 0. The van der Waals surface area contributed by atoms with Gasteiger partial charge < -0.3 is 11.1 Å². The number of nitrogens with zero attached hydrogens (tertiary/aromatic N) is 1. The van der Waals surface area contributed by atoms with Gasteiger partial charge in [-0.15, -0.1) is 0 Å². The molecule has 0 spiro atoms. The van der Waals surface area contributed by atoms with Crippen molar-refractivity contribution in [1.29, 1.82) is 0 Å². The number of nitrogen functional groups attached to an aromatic ring is 1. The Kier molecular flexibility index (Phi) is 3.54. The van der Waals surface area contributed by atoms with Crippen LogP contribution in [0, 0.1) is 0 Å². The van der Waals surface area contributed by atoms with Gasteiger partial charge in [-0.2, -0.15) is 11.3 Å². The van der Waals surface area contributed by atoms with Crippen LogP contribution in [0.5, 0.6) is 0 Å². The summed E-state index contributed by atoms with van der Waals surface area (Å²) in [4.78, 5) is 4.11. The molecule has 2 aromatic rings. The molecule has 1 unspecified atom stereocenters. The number of nitrogens with one attached hydrogen (secondary N) is 1. The second-order valence-electron chi connectivity index (χ2n) is 3.68. The quantitative estimate of drug-likeness (QED) is 0.851. The van der Waals surface area contributed by atoms with E-state index in [9.17, 15) is 0 Å². The first-order valence-corrected chi connectivity index (χ1v) is 6.13. The highest BCUT2D eigenvalue weighted by molar-refractivity contribution is 7.07. The number of likely N-dealkylation sites (N-methyl/N-ethyl adjacent to an activating group) is 1. The maximum absolute atomic E-state index is 5.91. The third-order valence-corrected chi connectivity index (χ3v) is 3.36. The summed E-state index contributed by atoms with van der Waals surface area (Å²) in [6.45, 7) is 0. The lowest BCUT2D eigenvalue weighted by Gasteiger charge is -2.15. The molecular formula is C12H15N3S. The second kappa shape index (κ2) is 5.09. The van der Waals surface area contributed by atoms with Crippen LogP contribution in [-0.4, -0.2) is 12.0 Å². The van der Waals surface area contributed by atoms with Crippen LogP contribution in [0.25, 0.3) is 0 Å². The molecule has 1 atom stereocenters. The Labute approximate surface area is 99.3 Å². The normalized spacial score (nSPS) is 12.6. The molecular weight excluding hydrogens is 218 g/mol. The summed E-state index contributed by atoms with van der Waals surface area (Å²) < 4.78 is 0. The van der Waals surface area contributed by atoms with Crippen molar-refractivity contribution in [2.24, 2.45) is 0 Å². The molecule has 3 nitrogen and oxygen atoms in total. The molecule has 0 aromatic carbocycles. The fraction of sp³-hybridized carbons (Fsp3) is 0.250. The zero-order valence-corrected chi connectivity index (χ0v) is 10.00. The van der Waals surface area contributed by atoms with E-state index in [1.54, 1.807) is 17.5 Å². The van der Waals surface area contributed by atoms with Crippen LogP contribution in [0.2, 0.25) is 0 Å². The van der Waals surface area contributed by atoms with Crippen molar-refractivity contribution in [3.05, 3.63) is 46.4 Å². The van der Waals surface area contributed by atoms with Gasteiger partial charge in [0.05, 0.1) is 0 Å². The summed E-state index contributed by atoms with van der Waals surface area (Å²) in [5, 5.41) is 7.55. The number of nitrogens with two attached hydrogens (primary N) is 1. The Morgan fingerprint density at radius 1 is 1.50 bits per heavy atom. The van der Waals surface area contributed by atoms with Gasteiger partial charge in [0.25, 0.3) is 0 Å². The van der Waals surface area contributed by atoms with E-state index < -0.39 is 0 Å². The highest BCUT2D eigenvalue weighted by Crippen LogP contribution is 2.22. The lowest BCUT2D eigenvalue weighted by molar-refractivity contribution is 0.594. The van der Waals surface area contributed by atoms with Crippen molar-refractivity contribution >= 4 is 17.0 Å². The third kappa shape index (κ3) is 2.40. The van der Waals surface area contributed by atoms with Gasteiger partial charge in [-0.25, -0.2) is 0 Å². The van der Waals surface area contributed by atoms with Crippen molar-refractivity contribution in [3.63, 3.8) is 0 Å². The Morgan fingerprint density at radius 3 is 3.00 bits per heavy atom. The van der Waals surface area contributed by atoms with E-state index in [1.165, 1.54) is 5.56 Å². The molecule has 0 amide bonds. The number of thiophene rings is 1. The van der Waals surface area contributed by atoms with Crippen molar-refractivity contribution in [3.8, 4) is 0 Å². The summed E-state index contributed by atoms with van der Waals surface area (Å²) in [6, 6.07) is 4.28. The molecule has 0 saturated heterocycles. The number of aromatic nitrogens is 1. The van der Waals surface area contributed by atoms with Gasteiger partial charge in [0.1, 0.15) is 0 Å². The molecule has 3 N–H and O–H groups in total. The Balaban J connectivity index is 2.17. The highest BCUT2D eigenvalue weighted by Gasteiger charge is 2.11. The van der Waals surface area contributed by atoms with Gasteiger partial charge in [0.15, 0.2) is 0 Å². The number of hydrogen-bond donors (Lipinski definition) is 2. The first kappa shape index (κ1) is 11.1. The molecule has 0 radical (unpaired) electrons. The largest absolute Gasteiger partial charge is 0.398 e. The zero-order valence-electron chi connectivity index (χ0n) is 9.18. The van der Waals surface area contributed by atoms with E-state index in [4.69, 9.17) is 5.73 Å². The maximum atomic E-state index is 5.91. The zero-order chi connectivity index (χ0) is 11.4. The molecule has 0 bridgehead atoms. The summed E-state index contributed by atoms with van der Waals surface area (Å²) in [7, 11) is 1.97. The number of pyridine rings is 1. The van der Waals surface area contributed by atoms with Crippen molar-refractivity contribution in [1.82, 2.24) is 10.3 Å². The van der Waals surface area contributed by atoms with E-state index in [2.05, 4.69) is 27.1 Å². The van der Waals surface area contributed by atoms with Crippen LogP contribution < -0.4 is 11.1 Å².